The Morgan fingerprint density at radius 2 is 2.29 bits per heavy atom. The number of piperidine rings is 1. The maximum Gasteiger partial charge on any atom is 0.320 e. The molecule has 1 aromatic heterocycles. The number of likely N-dealkylation sites (tertiary alicyclic amines) is 1. The van der Waals surface area contributed by atoms with Gasteiger partial charge in [0.25, 0.3) is 5.69 Å². The normalized spacial score (nSPS) is 18.4. The average Bonchev–Trinajstić information content (AvgIpc) is 3.04. The molecule has 0 aliphatic carbocycles. The highest BCUT2D eigenvalue weighted by molar-refractivity contribution is 7.13. The highest BCUT2D eigenvalue weighted by Crippen LogP contribution is 2.28. The Morgan fingerprint density at radius 3 is 3.04 bits per heavy atom. The van der Waals surface area contributed by atoms with Gasteiger partial charge >= 0.3 is 5.97 Å². The standard InChI is InChI=1S/C16H17N3O4S/c20-16(21)14-6-1-2-7-18(14)9-12-10-24-15(17-12)11-4-3-5-13(8-11)19(22)23/h3-5,8,10,14H,1-2,6-7,9H2,(H,20,21). The number of aliphatic carboxylic acids is 1. The Morgan fingerprint density at radius 1 is 1.46 bits per heavy atom. The van der Waals surface area contributed by atoms with E-state index >= 15 is 0 Å². The van der Waals surface area contributed by atoms with Crippen molar-refractivity contribution >= 4 is 23.0 Å². The van der Waals surface area contributed by atoms with Crippen molar-refractivity contribution in [3.8, 4) is 10.6 Å². The van der Waals surface area contributed by atoms with Crippen LogP contribution in [0.5, 0.6) is 0 Å². The zero-order chi connectivity index (χ0) is 17.1. The van der Waals surface area contributed by atoms with Crippen molar-refractivity contribution in [2.75, 3.05) is 6.54 Å². The van der Waals surface area contributed by atoms with E-state index in [4.69, 9.17) is 0 Å². The summed E-state index contributed by atoms with van der Waals surface area (Å²) >= 11 is 1.41. The number of hydrogen-bond acceptors (Lipinski definition) is 6. The van der Waals surface area contributed by atoms with Crippen molar-refractivity contribution in [2.24, 2.45) is 0 Å². The van der Waals surface area contributed by atoms with Crippen LogP contribution in [0.25, 0.3) is 10.6 Å². The lowest BCUT2D eigenvalue weighted by Crippen LogP contribution is -2.44. The van der Waals surface area contributed by atoms with Gasteiger partial charge in [0.15, 0.2) is 0 Å². The number of nitrogens with zero attached hydrogens (tertiary/aromatic N) is 3. The second-order valence-electron chi connectivity index (χ2n) is 5.77. The van der Waals surface area contributed by atoms with Crippen molar-refractivity contribution in [3.63, 3.8) is 0 Å². The van der Waals surface area contributed by atoms with Gasteiger partial charge < -0.3 is 5.11 Å². The molecule has 1 unspecified atom stereocenters. The SMILES string of the molecule is O=C(O)C1CCCCN1Cc1csc(-c2cccc([N+](=O)[O-])c2)n1. The van der Waals surface area contributed by atoms with Gasteiger partial charge in [-0.15, -0.1) is 11.3 Å². The van der Waals surface area contributed by atoms with Gasteiger partial charge in [-0.25, -0.2) is 4.98 Å². The van der Waals surface area contributed by atoms with Gasteiger partial charge in [0.2, 0.25) is 0 Å². The van der Waals surface area contributed by atoms with Crippen molar-refractivity contribution in [1.29, 1.82) is 0 Å². The van der Waals surface area contributed by atoms with Crippen LogP contribution in [0.1, 0.15) is 25.0 Å². The molecule has 7 nitrogen and oxygen atoms in total. The van der Waals surface area contributed by atoms with E-state index < -0.39 is 16.9 Å². The number of hydrogen-bond donors (Lipinski definition) is 1. The fourth-order valence-electron chi connectivity index (χ4n) is 2.93. The van der Waals surface area contributed by atoms with E-state index in [2.05, 4.69) is 4.98 Å². The first-order chi connectivity index (χ1) is 11.5. The van der Waals surface area contributed by atoms with Gasteiger partial charge in [0.1, 0.15) is 11.0 Å². The molecule has 126 valence electrons. The molecule has 2 heterocycles. The molecule has 1 atom stereocenters. The maximum absolute atomic E-state index is 11.4. The van der Waals surface area contributed by atoms with Crippen LogP contribution < -0.4 is 0 Å². The van der Waals surface area contributed by atoms with E-state index in [9.17, 15) is 20.0 Å². The highest BCUT2D eigenvalue weighted by atomic mass is 32.1. The van der Waals surface area contributed by atoms with E-state index in [0.29, 0.717) is 23.5 Å². The minimum absolute atomic E-state index is 0.0335. The Balaban J connectivity index is 1.77. The number of carbonyl (C=O) groups is 1. The van der Waals surface area contributed by atoms with Crippen molar-refractivity contribution < 1.29 is 14.8 Å². The molecule has 1 aliphatic rings. The van der Waals surface area contributed by atoms with Crippen molar-refractivity contribution in [2.45, 2.75) is 31.8 Å². The summed E-state index contributed by atoms with van der Waals surface area (Å²) in [5.41, 5.74) is 1.54. The first-order valence-electron chi connectivity index (χ1n) is 7.70. The third-order valence-electron chi connectivity index (χ3n) is 4.12. The molecule has 0 bridgehead atoms. The summed E-state index contributed by atoms with van der Waals surface area (Å²) in [5.74, 6) is -0.788. The lowest BCUT2D eigenvalue weighted by Gasteiger charge is -2.32. The number of carboxylic acids is 1. The van der Waals surface area contributed by atoms with E-state index in [1.54, 1.807) is 12.1 Å². The highest BCUT2D eigenvalue weighted by Gasteiger charge is 2.28. The molecule has 3 rings (SSSR count). The molecule has 8 heteroatoms. The average molecular weight is 347 g/mol. The molecule has 0 spiro atoms. The van der Waals surface area contributed by atoms with E-state index in [1.807, 2.05) is 10.3 Å². The molecule has 1 N–H and O–H groups in total. The largest absolute Gasteiger partial charge is 0.480 e. The van der Waals surface area contributed by atoms with Crippen LogP contribution in [0.4, 0.5) is 5.69 Å². The summed E-state index contributed by atoms with van der Waals surface area (Å²) in [4.78, 5) is 28.3. The summed E-state index contributed by atoms with van der Waals surface area (Å²) in [6.07, 6.45) is 2.59. The number of nitro groups is 1. The van der Waals surface area contributed by atoms with Crippen LogP contribution in [0, 0.1) is 10.1 Å². The molecule has 1 aromatic carbocycles. The molecule has 0 radical (unpaired) electrons. The summed E-state index contributed by atoms with van der Waals surface area (Å²) in [5, 5.41) is 22.8. The number of nitro benzene ring substituents is 1. The molecule has 1 saturated heterocycles. The monoisotopic (exact) mass is 347 g/mol. The summed E-state index contributed by atoms with van der Waals surface area (Å²) in [7, 11) is 0. The van der Waals surface area contributed by atoms with Crippen LogP contribution in [-0.4, -0.2) is 38.5 Å². The third kappa shape index (κ3) is 3.60. The lowest BCUT2D eigenvalue weighted by molar-refractivity contribution is -0.384. The molecule has 1 aliphatic heterocycles. The molecular formula is C16H17N3O4S. The third-order valence-corrected chi connectivity index (χ3v) is 5.06. The van der Waals surface area contributed by atoms with E-state index in [-0.39, 0.29) is 5.69 Å². The number of non-ortho nitro benzene ring substituents is 1. The van der Waals surface area contributed by atoms with Gasteiger partial charge in [-0.05, 0) is 19.4 Å². The van der Waals surface area contributed by atoms with Crippen LogP contribution in [-0.2, 0) is 11.3 Å². The Hall–Kier alpha value is -2.32. The van der Waals surface area contributed by atoms with E-state index in [1.165, 1.54) is 23.5 Å². The van der Waals surface area contributed by atoms with E-state index in [0.717, 1.165) is 25.1 Å². The number of rotatable bonds is 5. The predicted molar refractivity (Wildman–Crippen MR) is 89.9 cm³/mol. The molecule has 1 fully saturated rings. The first-order valence-corrected chi connectivity index (χ1v) is 8.58. The maximum atomic E-state index is 11.4. The second kappa shape index (κ2) is 7.06. The molecular weight excluding hydrogens is 330 g/mol. The van der Waals surface area contributed by atoms with Gasteiger partial charge in [-0.1, -0.05) is 18.6 Å². The van der Waals surface area contributed by atoms with Crippen LogP contribution in [0.3, 0.4) is 0 Å². The zero-order valence-electron chi connectivity index (χ0n) is 12.9. The fourth-order valence-corrected chi connectivity index (χ4v) is 3.74. The topological polar surface area (TPSA) is 96.6 Å². The summed E-state index contributed by atoms with van der Waals surface area (Å²) < 4.78 is 0. The Labute approximate surface area is 142 Å². The van der Waals surface area contributed by atoms with Gasteiger partial charge in [0.05, 0.1) is 10.6 Å². The molecule has 0 saturated carbocycles. The number of benzene rings is 1. The molecule has 0 amide bonds. The van der Waals surface area contributed by atoms with Crippen LogP contribution in [0.15, 0.2) is 29.6 Å². The van der Waals surface area contributed by atoms with Crippen LogP contribution >= 0.6 is 11.3 Å². The second-order valence-corrected chi connectivity index (χ2v) is 6.63. The van der Waals surface area contributed by atoms with Crippen LogP contribution in [0.2, 0.25) is 0 Å². The van der Waals surface area contributed by atoms with Gasteiger partial charge in [-0.2, -0.15) is 0 Å². The summed E-state index contributed by atoms with van der Waals surface area (Å²) in [6.45, 7) is 1.24. The smallest absolute Gasteiger partial charge is 0.320 e. The Bertz CT molecular complexity index is 761. The molecule has 2 aromatic rings. The first kappa shape index (κ1) is 16.5. The molecule has 24 heavy (non-hydrogen) atoms. The van der Waals surface area contributed by atoms with Gasteiger partial charge in [0, 0.05) is 29.6 Å². The number of carboxylic acid groups (broad SMARTS) is 1. The fraction of sp³-hybridized carbons (Fsp3) is 0.375. The summed E-state index contributed by atoms with van der Waals surface area (Å²) in [6, 6.07) is 5.92. The lowest BCUT2D eigenvalue weighted by atomic mass is 10.0. The van der Waals surface area contributed by atoms with Crippen molar-refractivity contribution in [3.05, 3.63) is 45.5 Å². The quantitative estimate of drug-likeness (QED) is 0.659. The number of thiazole rings is 1. The van der Waals surface area contributed by atoms with Crippen molar-refractivity contribution in [1.82, 2.24) is 9.88 Å². The Kier molecular flexibility index (Phi) is 4.86. The zero-order valence-corrected chi connectivity index (χ0v) is 13.7. The number of aromatic nitrogens is 1. The minimum atomic E-state index is -0.788. The minimum Gasteiger partial charge on any atom is -0.480 e. The van der Waals surface area contributed by atoms with Gasteiger partial charge in [-0.3, -0.25) is 19.8 Å². The predicted octanol–water partition coefficient (Wildman–Crippen LogP) is 3.16.